The SMILES string of the molecule is Cc1c(/C=C/C(=O)O)ccc2[nH]c(-c3cccc(C(C)(C)C)c3)nc12. The van der Waals surface area contributed by atoms with Gasteiger partial charge in [0.15, 0.2) is 0 Å². The minimum absolute atomic E-state index is 0.0761. The molecule has 0 saturated carbocycles. The van der Waals surface area contributed by atoms with Crippen LogP contribution in [0.1, 0.15) is 37.5 Å². The van der Waals surface area contributed by atoms with Crippen molar-refractivity contribution in [3.63, 3.8) is 0 Å². The molecule has 4 heteroatoms. The number of rotatable bonds is 3. The van der Waals surface area contributed by atoms with Gasteiger partial charge >= 0.3 is 5.97 Å². The van der Waals surface area contributed by atoms with Crippen LogP contribution >= 0.6 is 0 Å². The van der Waals surface area contributed by atoms with Gasteiger partial charge in [-0.1, -0.05) is 45.0 Å². The molecule has 0 aliphatic rings. The lowest BCUT2D eigenvalue weighted by atomic mass is 9.86. The van der Waals surface area contributed by atoms with E-state index in [1.54, 1.807) is 6.08 Å². The number of imidazole rings is 1. The third kappa shape index (κ3) is 3.48. The van der Waals surface area contributed by atoms with Crippen LogP contribution in [0.4, 0.5) is 0 Å². The first-order valence-electron chi connectivity index (χ1n) is 8.27. The van der Waals surface area contributed by atoms with Crippen molar-refractivity contribution in [3.8, 4) is 11.4 Å². The van der Waals surface area contributed by atoms with Gasteiger partial charge in [0.1, 0.15) is 5.82 Å². The van der Waals surface area contributed by atoms with Crippen molar-refractivity contribution in [3.05, 3.63) is 59.2 Å². The van der Waals surface area contributed by atoms with E-state index in [1.165, 1.54) is 5.56 Å². The number of aromatic nitrogens is 2. The number of benzene rings is 2. The first-order valence-corrected chi connectivity index (χ1v) is 8.27. The van der Waals surface area contributed by atoms with Crippen LogP contribution in [0, 0.1) is 6.92 Å². The number of carboxylic acid groups (broad SMARTS) is 1. The lowest BCUT2D eigenvalue weighted by Crippen LogP contribution is -2.10. The van der Waals surface area contributed by atoms with Gasteiger partial charge in [0.2, 0.25) is 0 Å². The summed E-state index contributed by atoms with van der Waals surface area (Å²) in [5.41, 5.74) is 6.01. The Balaban J connectivity index is 2.08. The summed E-state index contributed by atoms with van der Waals surface area (Å²) < 4.78 is 0. The zero-order valence-electron chi connectivity index (χ0n) is 14.9. The van der Waals surface area contributed by atoms with E-state index in [0.29, 0.717) is 0 Å². The van der Waals surface area contributed by atoms with Crippen LogP contribution < -0.4 is 0 Å². The van der Waals surface area contributed by atoms with Crippen LogP contribution in [0.2, 0.25) is 0 Å². The number of fused-ring (bicyclic) bond motifs is 1. The highest BCUT2D eigenvalue weighted by molar-refractivity contribution is 5.89. The lowest BCUT2D eigenvalue weighted by Gasteiger charge is -2.19. The van der Waals surface area contributed by atoms with E-state index in [-0.39, 0.29) is 5.41 Å². The minimum atomic E-state index is -0.957. The molecule has 0 bridgehead atoms. The highest BCUT2D eigenvalue weighted by Crippen LogP contribution is 2.29. The second-order valence-electron chi connectivity index (χ2n) is 7.26. The predicted molar refractivity (Wildman–Crippen MR) is 102 cm³/mol. The zero-order chi connectivity index (χ0) is 18.2. The molecule has 1 aromatic heterocycles. The van der Waals surface area contributed by atoms with Gasteiger partial charge in [-0.25, -0.2) is 9.78 Å². The molecule has 3 aromatic rings. The van der Waals surface area contributed by atoms with E-state index in [0.717, 1.165) is 39.6 Å². The third-order valence-electron chi connectivity index (χ3n) is 4.36. The third-order valence-corrected chi connectivity index (χ3v) is 4.36. The van der Waals surface area contributed by atoms with Gasteiger partial charge in [-0.3, -0.25) is 0 Å². The Morgan fingerprint density at radius 3 is 2.64 bits per heavy atom. The molecule has 0 unspecified atom stereocenters. The molecule has 2 N–H and O–H groups in total. The Hall–Kier alpha value is -2.88. The average Bonchev–Trinajstić information content (AvgIpc) is 2.98. The van der Waals surface area contributed by atoms with Crippen molar-refractivity contribution in [1.82, 2.24) is 9.97 Å². The van der Waals surface area contributed by atoms with Crippen LogP contribution in [0.15, 0.2) is 42.5 Å². The number of H-pyrrole nitrogens is 1. The normalized spacial score (nSPS) is 12.2. The second-order valence-corrected chi connectivity index (χ2v) is 7.26. The van der Waals surface area contributed by atoms with Gasteiger partial charge in [0.25, 0.3) is 0 Å². The monoisotopic (exact) mass is 334 g/mol. The number of aryl methyl sites for hydroxylation is 1. The van der Waals surface area contributed by atoms with Crippen molar-refractivity contribution in [2.75, 3.05) is 0 Å². The molecule has 0 amide bonds. The Morgan fingerprint density at radius 2 is 1.96 bits per heavy atom. The van der Waals surface area contributed by atoms with Crippen molar-refractivity contribution >= 4 is 23.1 Å². The van der Waals surface area contributed by atoms with Crippen molar-refractivity contribution in [2.45, 2.75) is 33.1 Å². The maximum Gasteiger partial charge on any atom is 0.328 e. The number of carboxylic acids is 1. The summed E-state index contributed by atoms with van der Waals surface area (Å²) in [5, 5.41) is 8.81. The molecule has 0 aliphatic heterocycles. The van der Waals surface area contributed by atoms with Gasteiger partial charge in [-0.05, 0) is 47.2 Å². The van der Waals surface area contributed by atoms with E-state index in [2.05, 4.69) is 44.0 Å². The number of aromatic amines is 1. The smallest absolute Gasteiger partial charge is 0.328 e. The van der Waals surface area contributed by atoms with Crippen molar-refractivity contribution in [1.29, 1.82) is 0 Å². The fraction of sp³-hybridized carbons (Fsp3) is 0.238. The maximum atomic E-state index is 10.7. The summed E-state index contributed by atoms with van der Waals surface area (Å²) in [5.74, 6) is -0.134. The number of hydrogen-bond acceptors (Lipinski definition) is 2. The van der Waals surface area contributed by atoms with Crippen LogP contribution in [-0.2, 0) is 10.2 Å². The molecule has 4 nitrogen and oxygen atoms in total. The molecule has 0 saturated heterocycles. The minimum Gasteiger partial charge on any atom is -0.478 e. The topological polar surface area (TPSA) is 66.0 Å². The molecular weight excluding hydrogens is 312 g/mol. The Labute approximate surface area is 147 Å². The molecule has 0 aliphatic carbocycles. The fourth-order valence-electron chi connectivity index (χ4n) is 2.84. The quantitative estimate of drug-likeness (QED) is 0.667. The molecule has 0 atom stereocenters. The van der Waals surface area contributed by atoms with Gasteiger partial charge < -0.3 is 10.1 Å². The van der Waals surface area contributed by atoms with Crippen molar-refractivity contribution < 1.29 is 9.90 Å². The summed E-state index contributed by atoms with van der Waals surface area (Å²) in [6, 6.07) is 12.2. The second kappa shape index (κ2) is 6.20. The van der Waals surface area contributed by atoms with Gasteiger partial charge in [-0.15, -0.1) is 0 Å². The molecule has 25 heavy (non-hydrogen) atoms. The summed E-state index contributed by atoms with van der Waals surface area (Å²) in [7, 11) is 0. The Bertz CT molecular complexity index is 975. The highest BCUT2D eigenvalue weighted by Gasteiger charge is 2.15. The number of nitrogens with zero attached hydrogens (tertiary/aromatic N) is 1. The standard InChI is InChI=1S/C21H22N2O2/c1-13-14(9-11-18(24)25)8-10-17-19(13)23-20(22-17)15-6-5-7-16(12-15)21(2,3)4/h5-12H,1-4H3,(H,22,23)(H,24,25)/b11-9+. The van der Waals surface area contributed by atoms with E-state index in [9.17, 15) is 4.79 Å². The first-order chi connectivity index (χ1) is 11.8. The zero-order valence-corrected chi connectivity index (χ0v) is 14.9. The van der Waals surface area contributed by atoms with Gasteiger partial charge in [0, 0.05) is 11.6 Å². The Kier molecular flexibility index (Phi) is 4.21. The summed E-state index contributed by atoms with van der Waals surface area (Å²) in [6.07, 6.45) is 2.75. The van der Waals surface area contributed by atoms with Crippen molar-refractivity contribution in [2.24, 2.45) is 0 Å². The number of aliphatic carboxylic acids is 1. The molecule has 2 aromatic carbocycles. The van der Waals surface area contributed by atoms with E-state index >= 15 is 0 Å². The van der Waals surface area contributed by atoms with Crippen LogP contribution in [0.5, 0.6) is 0 Å². The summed E-state index contributed by atoms with van der Waals surface area (Å²) in [6.45, 7) is 8.53. The molecule has 0 spiro atoms. The first kappa shape index (κ1) is 17.0. The lowest BCUT2D eigenvalue weighted by molar-refractivity contribution is -0.131. The predicted octanol–water partition coefficient (Wildman–Crippen LogP) is 4.93. The van der Waals surface area contributed by atoms with Crippen LogP contribution in [-0.4, -0.2) is 21.0 Å². The van der Waals surface area contributed by atoms with E-state index < -0.39 is 5.97 Å². The molecule has 1 heterocycles. The maximum absolute atomic E-state index is 10.7. The molecule has 3 rings (SSSR count). The van der Waals surface area contributed by atoms with E-state index in [4.69, 9.17) is 10.1 Å². The number of nitrogens with one attached hydrogen (secondary N) is 1. The van der Waals surface area contributed by atoms with Gasteiger partial charge in [-0.2, -0.15) is 0 Å². The number of carbonyl (C=O) groups is 1. The molecule has 0 radical (unpaired) electrons. The molecule has 128 valence electrons. The van der Waals surface area contributed by atoms with Gasteiger partial charge in [0.05, 0.1) is 11.0 Å². The molecule has 0 fully saturated rings. The Morgan fingerprint density at radius 1 is 1.20 bits per heavy atom. The average molecular weight is 334 g/mol. The van der Waals surface area contributed by atoms with Crippen LogP contribution in [0.3, 0.4) is 0 Å². The van der Waals surface area contributed by atoms with Crippen LogP contribution in [0.25, 0.3) is 28.5 Å². The summed E-state index contributed by atoms with van der Waals surface area (Å²) in [4.78, 5) is 18.9. The molecular formula is C21H22N2O2. The number of hydrogen-bond donors (Lipinski definition) is 2. The fourth-order valence-corrected chi connectivity index (χ4v) is 2.84. The summed E-state index contributed by atoms with van der Waals surface area (Å²) >= 11 is 0. The highest BCUT2D eigenvalue weighted by atomic mass is 16.4. The van der Waals surface area contributed by atoms with E-state index in [1.807, 2.05) is 25.1 Å². The largest absolute Gasteiger partial charge is 0.478 e.